The van der Waals surface area contributed by atoms with E-state index in [1.807, 2.05) is 54.0 Å². The lowest BCUT2D eigenvalue weighted by Gasteiger charge is -2.30. The highest BCUT2D eigenvalue weighted by Crippen LogP contribution is 2.26. The molecule has 0 aliphatic carbocycles. The minimum absolute atomic E-state index is 0.128. The normalized spacial score (nSPS) is 16.6. The zero-order chi connectivity index (χ0) is 23.5. The molecule has 1 aliphatic heterocycles. The molecule has 0 fully saturated rings. The zero-order valence-electron chi connectivity index (χ0n) is 19.2. The van der Waals surface area contributed by atoms with Crippen molar-refractivity contribution in [1.29, 1.82) is 0 Å². The molecule has 0 saturated heterocycles. The summed E-state index contributed by atoms with van der Waals surface area (Å²) in [5.74, 6) is 0.866. The summed E-state index contributed by atoms with van der Waals surface area (Å²) < 4.78 is 0. The topological polar surface area (TPSA) is 40.0 Å². The Bertz CT molecular complexity index is 1020. The highest BCUT2D eigenvalue weighted by Gasteiger charge is 2.19. The standard InChI is InChI=1S/C27H32N4S/c1-8-15-28-16-13-21(3)26-18-23(5)31(6)27(30-26)29-19-22(4)25-12-10-9-11-24(25)20(2)14-17-32-7/h8-18,21H,1-2,4-5,19H2,3,6-7H3,(H,29,30)/b16-13-,17-14-,28-15?. The van der Waals surface area contributed by atoms with Gasteiger partial charge >= 0.3 is 0 Å². The summed E-state index contributed by atoms with van der Waals surface area (Å²) in [6.45, 7) is 18.8. The Morgan fingerprint density at radius 1 is 1.25 bits per heavy atom. The smallest absolute Gasteiger partial charge is 0.202 e. The first-order valence-corrected chi connectivity index (χ1v) is 11.6. The van der Waals surface area contributed by atoms with Gasteiger partial charge in [-0.1, -0.05) is 69.7 Å². The molecule has 0 amide bonds. The van der Waals surface area contributed by atoms with Crippen LogP contribution in [0.15, 0.2) is 108 Å². The van der Waals surface area contributed by atoms with Crippen LogP contribution in [-0.4, -0.2) is 36.9 Å². The van der Waals surface area contributed by atoms with Crippen LogP contribution in [0.3, 0.4) is 0 Å². The fourth-order valence-corrected chi connectivity index (χ4v) is 3.31. The number of nitrogens with one attached hydrogen (secondary N) is 1. The van der Waals surface area contributed by atoms with E-state index in [9.17, 15) is 0 Å². The number of hydrogen-bond acceptors (Lipinski definition) is 3. The number of likely N-dealkylation sites (N-methyl/N-ethyl adjacent to an activating group) is 1. The quantitative estimate of drug-likeness (QED) is 0.341. The van der Waals surface area contributed by atoms with E-state index in [-0.39, 0.29) is 5.92 Å². The average molecular weight is 445 g/mol. The van der Waals surface area contributed by atoms with E-state index in [0.29, 0.717) is 6.54 Å². The Balaban J connectivity index is 2.19. The first-order chi connectivity index (χ1) is 15.4. The molecule has 166 valence electrons. The number of nitrogens with zero attached hydrogens (tertiary/aromatic N) is 3. The number of aliphatic imine (C=N–C) groups is 2. The molecule has 2 rings (SSSR count). The summed E-state index contributed by atoms with van der Waals surface area (Å²) in [7, 11) is 1.95. The minimum atomic E-state index is 0.128. The van der Waals surface area contributed by atoms with Crippen LogP contribution in [0.2, 0.25) is 0 Å². The lowest BCUT2D eigenvalue weighted by Crippen LogP contribution is -2.42. The third-order valence-corrected chi connectivity index (χ3v) is 5.36. The minimum Gasteiger partial charge on any atom is -0.329 e. The maximum atomic E-state index is 4.81. The van der Waals surface area contributed by atoms with Crippen molar-refractivity contribution in [3.63, 3.8) is 0 Å². The molecule has 1 unspecified atom stereocenters. The van der Waals surface area contributed by atoms with Gasteiger partial charge in [-0.3, -0.25) is 4.99 Å². The SMILES string of the molecule is C=CC=N/C=C\C(C)C1=CC(=C)N(C)C(=NCC(=C)c2ccccc2C(=C)/C=C\SC)N1. The van der Waals surface area contributed by atoms with E-state index in [1.54, 1.807) is 30.3 Å². The average Bonchev–Trinajstić information content (AvgIpc) is 2.80. The Hall–Kier alpha value is -3.31. The van der Waals surface area contributed by atoms with E-state index in [1.165, 1.54) is 0 Å². The summed E-state index contributed by atoms with van der Waals surface area (Å²) in [5, 5.41) is 5.46. The van der Waals surface area contributed by atoms with E-state index in [0.717, 1.165) is 39.6 Å². The number of rotatable bonds is 10. The molecule has 1 aromatic carbocycles. The van der Waals surface area contributed by atoms with Gasteiger partial charge in [-0.05, 0) is 46.1 Å². The maximum absolute atomic E-state index is 4.81. The Kier molecular flexibility index (Phi) is 9.76. The molecule has 32 heavy (non-hydrogen) atoms. The first kappa shape index (κ1) is 25.0. The predicted octanol–water partition coefficient (Wildman–Crippen LogP) is 6.28. The van der Waals surface area contributed by atoms with Crippen molar-refractivity contribution in [2.45, 2.75) is 6.92 Å². The third-order valence-electron chi connectivity index (χ3n) is 4.95. The highest BCUT2D eigenvalue weighted by atomic mass is 32.2. The van der Waals surface area contributed by atoms with Crippen LogP contribution in [0.25, 0.3) is 11.1 Å². The molecule has 1 atom stereocenters. The molecule has 4 nitrogen and oxygen atoms in total. The molecule has 5 heteroatoms. The second kappa shape index (κ2) is 12.5. The predicted molar refractivity (Wildman–Crippen MR) is 145 cm³/mol. The van der Waals surface area contributed by atoms with Gasteiger partial charge in [-0.2, -0.15) is 0 Å². The Labute approximate surface area is 196 Å². The van der Waals surface area contributed by atoms with Crippen molar-refractivity contribution < 1.29 is 0 Å². The van der Waals surface area contributed by atoms with Crippen LogP contribution >= 0.6 is 11.8 Å². The monoisotopic (exact) mass is 444 g/mol. The van der Waals surface area contributed by atoms with Crippen molar-refractivity contribution in [2.24, 2.45) is 15.9 Å². The van der Waals surface area contributed by atoms with E-state index in [4.69, 9.17) is 4.99 Å². The van der Waals surface area contributed by atoms with Gasteiger partial charge < -0.3 is 10.2 Å². The van der Waals surface area contributed by atoms with Gasteiger partial charge in [0.15, 0.2) is 0 Å². The van der Waals surface area contributed by atoms with E-state index in [2.05, 4.69) is 55.7 Å². The second-order valence-corrected chi connectivity index (χ2v) is 8.04. The lowest BCUT2D eigenvalue weighted by atomic mass is 9.96. The molecular weight excluding hydrogens is 412 g/mol. The van der Waals surface area contributed by atoms with Crippen LogP contribution in [0.4, 0.5) is 0 Å². The molecule has 0 spiro atoms. The van der Waals surface area contributed by atoms with Gasteiger partial charge in [-0.15, -0.1) is 11.8 Å². The molecule has 1 N–H and O–H groups in total. The molecule has 0 aromatic heterocycles. The van der Waals surface area contributed by atoms with Crippen molar-refractivity contribution in [2.75, 3.05) is 19.8 Å². The summed E-state index contributed by atoms with van der Waals surface area (Å²) in [6, 6.07) is 8.16. The van der Waals surface area contributed by atoms with E-state index >= 15 is 0 Å². The van der Waals surface area contributed by atoms with Crippen LogP contribution in [-0.2, 0) is 0 Å². The van der Waals surface area contributed by atoms with Crippen molar-refractivity contribution in [3.05, 3.63) is 109 Å². The molecule has 1 aromatic rings. The van der Waals surface area contributed by atoms with Gasteiger partial charge in [0, 0.05) is 36.8 Å². The van der Waals surface area contributed by atoms with E-state index < -0.39 is 0 Å². The second-order valence-electron chi connectivity index (χ2n) is 7.29. The molecule has 1 aliphatic rings. The summed E-state index contributed by atoms with van der Waals surface area (Å²) in [5.41, 5.74) is 5.88. The van der Waals surface area contributed by atoms with Crippen molar-refractivity contribution >= 4 is 35.1 Å². The molecule has 1 heterocycles. The number of hydrogen-bond donors (Lipinski definition) is 1. The number of thioether (sulfide) groups is 1. The Morgan fingerprint density at radius 2 is 1.97 bits per heavy atom. The first-order valence-electron chi connectivity index (χ1n) is 10.3. The Morgan fingerprint density at radius 3 is 2.66 bits per heavy atom. The summed E-state index contributed by atoms with van der Waals surface area (Å²) in [4.78, 5) is 10.9. The summed E-state index contributed by atoms with van der Waals surface area (Å²) in [6.07, 6.45) is 13.2. The van der Waals surface area contributed by atoms with Crippen LogP contribution in [0.1, 0.15) is 18.1 Å². The summed E-state index contributed by atoms with van der Waals surface area (Å²) >= 11 is 1.65. The van der Waals surface area contributed by atoms with Gasteiger partial charge in [0.1, 0.15) is 0 Å². The molecule has 0 bridgehead atoms. The van der Waals surface area contributed by atoms with Gasteiger partial charge in [0.05, 0.1) is 6.54 Å². The fraction of sp³-hybridized carbons (Fsp3) is 0.185. The van der Waals surface area contributed by atoms with Crippen LogP contribution < -0.4 is 5.32 Å². The number of allylic oxidation sites excluding steroid dienone is 5. The lowest BCUT2D eigenvalue weighted by molar-refractivity contribution is 0.586. The molecule has 0 radical (unpaired) electrons. The van der Waals surface area contributed by atoms with Gasteiger partial charge in [0.25, 0.3) is 0 Å². The van der Waals surface area contributed by atoms with Gasteiger partial charge in [0.2, 0.25) is 5.96 Å². The van der Waals surface area contributed by atoms with Crippen LogP contribution in [0.5, 0.6) is 0 Å². The highest BCUT2D eigenvalue weighted by molar-refractivity contribution is 8.01. The van der Waals surface area contributed by atoms with Crippen LogP contribution in [0, 0.1) is 5.92 Å². The van der Waals surface area contributed by atoms with Gasteiger partial charge in [-0.25, -0.2) is 4.99 Å². The van der Waals surface area contributed by atoms with Crippen molar-refractivity contribution in [3.8, 4) is 0 Å². The number of benzene rings is 1. The zero-order valence-corrected chi connectivity index (χ0v) is 20.0. The molecular formula is C27H32N4S. The van der Waals surface area contributed by atoms with Crippen molar-refractivity contribution in [1.82, 2.24) is 10.2 Å². The molecule has 0 saturated carbocycles. The third kappa shape index (κ3) is 6.86. The number of guanidine groups is 1. The largest absolute Gasteiger partial charge is 0.329 e. The maximum Gasteiger partial charge on any atom is 0.202 e. The fourth-order valence-electron chi connectivity index (χ4n) is 3.01.